The van der Waals surface area contributed by atoms with Crippen molar-refractivity contribution in [3.05, 3.63) is 53.7 Å². The first-order valence-electron chi connectivity index (χ1n) is 7.73. The fourth-order valence-corrected chi connectivity index (χ4v) is 2.72. The molecule has 7 nitrogen and oxygen atoms in total. The molecule has 0 spiro atoms. The summed E-state index contributed by atoms with van der Waals surface area (Å²) in [4.78, 5) is 4.18. The second kappa shape index (κ2) is 5.42. The molecule has 4 rings (SSSR count). The molecule has 0 aliphatic rings. The summed E-state index contributed by atoms with van der Waals surface area (Å²) < 4.78 is 3.22. The van der Waals surface area contributed by atoms with E-state index in [2.05, 4.69) is 51.4 Å². The van der Waals surface area contributed by atoms with Crippen LogP contribution in [0.1, 0.15) is 36.6 Å². The van der Waals surface area contributed by atoms with Gasteiger partial charge >= 0.3 is 0 Å². The van der Waals surface area contributed by atoms with Crippen LogP contribution in [-0.2, 0) is 12.8 Å². The number of nitrogens with zero attached hydrogens (tertiary/aromatic N) is 7. The Morgan fingerprint density at radius 2 is 1.91 bits per heavy atom. The number of hydrogen-bond acceptors (Lipinski definition) is 5. The van der Waals surface area contributed by atoms with E-state index in [1.807, 2.05) is 18.5 Å². The molecule has 0 aliphatic carbocycles. The molecule has 4 heterocycles. The molecule has 0 amide bonds. The van der Waals surface area contributed by atoms with E-state index in [0.717, 1.165) is 35.3 Å². The number of aryl methyl sites for hydroxylation is 1. The Morgan fingerprint density at radius 3 is 2.78 bits per heavy atom. The van der Waals surface area contributed by atoms with Crippen molar-refractivity contribution in [2.45, 2.75) is 32.6 Å². The Kier molecular flexibility index (Phi) is 3.25. The molecule has 116 valence electrons. The zero-order valence-electron chi connectivity index (χ0n) is 13.1. The van der Waals surface area contributed by atoms with Crippen molar-refractivity contribution in [3.63, 3.8) is 0 Å². The number of hydrogen-bond donors (Lipinski definition) is 0. The molecule has 0 radical (unpaired) electrons. The number of rotatable bonds is 4. The Hall–Kier alpha value is -2.83. The molecule has 0 fully saturated rings. The molecule has 0 saturated heterocycles. The van der Waals surface area contributed by atoms with Gasteiger partial charge in [-0.25, -0.2) is 4.98 Å². The van der Waals surface area contributed by atoms with Crippen molar-refractivity contribution < 1.29 is 0 Å². The molecule has 0 aliphatic heterocycles. The van der Waals surface area contributed by atoms with Gasteiger partial charge in [-0.3, -0.25) is 0 Å². The van der Waals surface area contributed by atoms with Crippen LogP contribution < -0.4 is 0 Å². The Morgan fingerprint density at radius 1 is 1.04 bits per heavy atom. The fourth-order valence-electron chi connectivity index (χ4n) is 2.72. The van der Waals surface area contributed by atoms with Crippen molar-refractivity contribution >= 4 is 11.2 Å². The lowest BCUT2D eigenvalue weighted by Crippen LogP contribution is -2.03. The van der Waals surface area contributed by atoms with Crippen LogP contribution in [0.25, 0.3) is 11.2 Å². The van der Waals surface area contributed by atoms with Gasteiger partial charge < -0.3 is 0 Å². The first kappa shape index (κ1) is 13.8. The lowest BCUT2D eigenvalue weighted by atomic mass is 9.98. The Balaban J connectivity index is 1.61. The molecule has 7 heteroatoms. The predicted molar refractivity (Wildman–Crippen MR) is 85.3 cm³/mol. The summed E-state index contributed by atoms with van der Waals surface area (Å²) in [5.74, 6) is 0.291. The van der Waals surface area contributed by atoms with Crippen molar-refractivity contribution in [2.75, 3.05) is 0 Å². The first-order valence-corrected chi connectivity index (χ1v) is 7.73. The van der Waals surface area contributed by atoms with Gasteiger partial charge in [0, 0.05) is 0 Å². The Bertz CT molecular complexity index is 969. The topological polar surface area (TPSA) is 73.3 Å². The van der Waals surface area contributed by atoms with Crippen LogP contribution in [0.4, 0.5) is 0 Å². The average Bonchev–Trinajstić information content (AvgIpc) is 3.18. The van der Waals surface area contributed by atoms with Crippen LogP contribution in [0.3, 0.4) is 0 Å². The van der Waals surface area contributed by atoms with Crippen LogP contribution in [0.5, 0.6) is 0 Å². The molecule has 0 N–H and O–H groups in total. The normalized spacial score (nSPS) is 13.0. The highest BCUT2D eigenvalue weighted by Gasteiger charge is 2.12. The maximum atomic E-state index is 4.56. The summed E-state index contributed by atoms with van der Waals surface area (Å²) in [5.41, 5.74) is 5.18. The van der Waals surface area contributed by atoms with Crippen LogP contribution in [0.15, 0.2) is 36.9 Å². The van der Waals surface area contributed by atoms with Gasteiger partial charge in [0.05, 0.1) is 23.6 Å². The minimum Gasteiger partial charge on any atom is -0.213 e. The molecule has 0 saturated carbocycles. The van der Waals surface area contributed by atoms with E-state index in [9.17, 15) is 0 Å². The lowest BCUT2D eigenvalue weighted by molar-refractivity contribution is 0.694. The smallest absolute Gasteiger partial charge is 0.176 e. The minimum absolute atomic E-state index is 0.291. The summed E-state index contributed by atoms with van der Waals surface area (Å²) in [6, 6.07) is 6.26. The highest BCUT2D eigenvalue weighted by atomic mass is 15.4. The van der Waals surface area contributed by atoms with Gasteiger partial charge in [-0.2, -0.15) is 19.9 Å². The molecule has 0 bridgehead atoms. The molecule has 4 aromatic rings. The zero-order chi connectivity index (χ0) is 15.8. The third kappa shape index (κ3) is 2.54. The van der Waals surface area contributed by atoms with Crippen molar-refractivity contribution in [3.8, 4) is 0 Å². The van der Waals surface area contributed by atoms with E-state index < -0.39 is 0 Å². The minimum atomic E-state index is 0.291. The summed E-state index contributed by atoms with van der Waals surface area (Å²) in [7, 11) is 0. The highest BCUT2D eigenvalue weighted by molar-refractivity contribution is 5.48. The zero-order valence-corrected chi connectivity index (χ0v) is 13.1. The Labute approximate surface area is 133 Å². The molecule has 4 aromatic heterocycles. The first-order chi connectivity index (χ1) is 11.2. The van der Waals surface area contributed by atoms with Crippen LogP contribution in [0.2, 0.25) is 0 Å². The molecule has 1 unspecified atom stereocenters. The summed E-state index contributed by atoms with van der Waals surface area (Å²) in [6.07, 6.45) is 7.03. The second-order valence-corrected chi connectivity index (χ2v) is 5.77. The largest absolute Gasteiger partial charge is 0.213 e. The third-order valence-corrected chi connectivity index (χ3v) is 4.10. The molecule has 23 heavy (non-hydrogen) atoms. The molecule has 0 aromatic carbocycles. The summed E-state index contributed by atoms with van der Waals surface area (Å²) >= 11 is 0. The van der Waals surface area contributed by atoms with Gasteiger partial charge in [0.1, 0.15) is 6.33 Å². The van der Waals surface area contributed by atoms with E-state index in [1.165, 1.54) is 16.5 Å². The van der Waals surface area contributed by atoms with E-state index in [4.69, 9.17) is 0 Å². The summed E-state index contributed by atoms with van der Waals surface area (Å²) in [5, 5.41) is 17.2. The van der Waals surface area contributed by atoms with Crippen molar-refractivity contribution in [1.29, 1.82) is 0 Å². The predicted octanol–water partition coefficient (Wildman–Crippen LogP) is 2.08. The fraction of sp³-hybridized carbons (Fsp3) is 0.312. The quantitative estimate of drug-likeness (QED) is 0.577. The maximum absolute atomic E-state index is 4.56. The van der Waals surface area contributed by atoms with Crippen LogP contribution in [-0.4, -0.2) is 34.6 Å². The lowest BCUT2D eigenvalue weighted by Gasteiger charge is -2.09. The van der Waals surface area contributed by atoms with Gasteiger partial charge in [-0.05, 0) is 48.1 Å². The van der Waals surface area contributed by atoms with E-state index in [0.29, 0.717) is 5.92 Å². The molecular formula is C16H17N7. The summed E-state index contributed by atoms with van der Waals surface area (Å²) in [6.45, 7) is 4.29. The van der Waals surface area contributed by atoms with Gasteiger partial charge in [0.15, 0.2) is 5.65 Å². The van der Waals surface area contributed by atoms with Gasteiger partial charge in [0.2, 0.25) is 0 Å². The van der Waals surface area contributed by atoms with Gasteiger partial charge in [-0.15, -0.1) is 9.73 Å². The third-order valence-electron chi connectivity index (χ3n) is 4.10. The van der Waals surface area contributed by atoms with E-state index >= 15 is 0 Å². The van der Waals surface area contributed by atoms with Crippen molar-refractivity contribution in [2.24, 2.45) is 0 Å². The van der Waals surface area contributed by atoms with Gasteiger partial charge in [-0.1, -0.05) is 13.8 Å². The molecule has 1 atom stereocenters. The molecular weight excluding hydrogens is 290 g/mol. The monoisotopic (exact) mass is 307 g/mol. The second-order valence-electron chi connectivity index (χ2n) is 5.77. The average molecular weight is 307 g/mol. The van der Waals surface area contributed by atoms with Gasteiger partial charge in [0.25, 0.3) is 0 Å². The number of fused-ring (bicyclic) bond motifs is 2. The number of aromatic nitrogens is 7. The maximum Gasteiger partial charge on any atom is 0.176 e. The van der Waals surface area contributed by atoms with Crippen molar-refractivity contribution in [1.82, 2.24) is 34.6 Å². The van der Waals surface area contributed by atoms with E-state index in [1.54, 1.807) is 4.63 Å². The van der Waals surface area contributed by atoms with Crippen LogP contribution >= 0.6 is 0 Å². The SMILES string of the molecule is CCc1cnn2nc(CC(C)c3cnn4ncnc4c3)cc2c1. The standard InChI is InChI=1S/C16H17N7/c1-3-12-5-15-7-14(21-22(15)18-8-12)4-11(2)13-6-16-17-10-20-23(16)19-9-13/h5-11H,3-4H2,1-2H3. The highest BCUT2D eigenvalue weighted by Crippen LogP contribution is 2.20. The van der Waals surface area contributed by atoms with Crippen LogP contribution in [0, 0.1) is 0 Å². The van der Waals surface area contributed by atoms with E-state index in [-0.39, 0.29) is 0 Å².